The van der Waals surface area contributed by atoms with E-state index >= 15 is 0 Å². The monoisotopic (exact) mass is 390 g/mol. The Labute approximate surface area is 168 Å². The molecule has 0 bridgehead atoms. The second-order valence-electron chi connectivity index (χ2n) is 7.61. The molecule has 3 N–H and O–H groups in total. The molecule has 1 unspecified atom stereocenters. The van der Waals surface area contributed by atoms with Gasteiger partial charge in [0.1, 0.15) is 0 Å². The highest BCUT2D eigenvalue weighted by Crippen LogP contribution is 2.29. The van der Waals surface area contributed by atoms with Crippen molar-refractivity contribution in [2.24, 2.45) is 10.9 Å². The maximum absolute atomic E-state index is 10.2. The van der Waals surface area contributed by atoms with Crippen molar-refractivity contribution in [3.05, 3.63) is 23.8 Å². The molecule has 2 fully saturated rings. The van der Waals surface area contributed by atoms with E-state index in [2.05, 4.69) is 27.4 Å². The first kappa shape index (κ1) is 20.7. The predicted octanol–water partition coefficient (Wildman–Crippen LogP) is 1.96. The van der Waals surface area contributed by atoms with Crippen LogP contribution in [0.5, 0.6) is 11.5 Å². The van der Waals surface area contributed by atoms with Gasteiger partial charge in [0.25, 0.3) is 0 Å². The first-order valence-electron chi connectivity index (χ1n) is 10.4. The van der Waals surface area contributed by atoms with E-state index in [9.17, 15) is 5.11 Å². The van der Waals surface area contributed by atoms with Crippen molar-refractivity contribution in [3.63, 3.8) is 0 Å². The zero-order valence-electron chi connectivity index (χ0n) is 17.1. The van der Waals surface area contributed by atoms with Gasteiger partial charge in [-0.05, 0) is 38.2 Å². The van der Waals surface area contributed by atoms with Gasteiger partial charge >= 0.3 is 0 Å². The van der Waals surface area contributed by atoms with Crippen molar-refractivity contribution in [2.75, 3.05) is 46.5 Å². The molecule has 156 valence electrons. The molecule has 7 heteroatoms. The molecule has 2 aliphatic rings. The van der Waals surface area contributed by atoms with Crippen molar-refractivity contribution < 1.29 is 14.6 Å². The Balaban J connectivity index is 1.51. The molecular weight excluding hydrogens is 356 g/mol. The summed E-state index contributed by atoms with van der Waals surface area (Å²) in [7, 11) is 1.56. The van der Waals surface area contributed by atoms with E-state index in [-0.39, 0.29) is 5.75 Å². The van der Waals surface area contributed by atoms with Gasteiger partial charge in [-0.2, -0.15) is 0 Å². The summed E-state index contributed by atoms with van der Waals surface area (Å²) in [5.74, 6) is 2.14. The maximum atomic E-state index is 10.2. The number of phenolic OH excluding ortho intramolecular Hbond substituents is 1. The SMILES string of the molecule is CCNC(=NCc1cccc(OC)c1O)NC1CCN(CC2CCOC2)CC1. The summed E-state index contributed by atoms with van der Waals surface area (Å²) in [4.78, 5) is 7.23. The van der Waals surface area contributed by atoms with Crippen LogP contribution in [0.2, 0.25) is 0 Å². The quantitative estimate of drug-likeness (QED) is 0.488. The fourth-order valence-corrected chi connectivity index (χ4v) is 3.89. The average Bonchev–Trinajstić information content (AvgIpc) is 3.22. The van der Waals surface area contributed by atoms with E-state index in [0.29, 0.717) is 24.3 Å². The van der Waals surface area contributed by atoms with Crippen LogP contribution < -0.4 is 15.4 Å². The first-order valence-corrected chi connectivity index (χ1v) is 10.4. The van der Waals surface area contributed by atoms with Crippen LogP contribution in [0.4, 0.5) is 0 Å². The molecular formula is C21H34N4O3. The summed E-state index contributed by atoms with van der Waals surface area (Å²) in [6, 6.07) is 5.91. The molecule has 0 aliphatic carbocycles. The number of piperidine rings is 1. The minimum Gasteiger partial charge on any atom is -0.504 e. The van der Waals surface area contributed by atoms with Crippen LogP contribution in [0.25, 0.3) is 0 Å². The smallest absolute Gasteiger partial charge is 0.191 e. The van der Waals surface area contributed by atoms with Crippen LogP contribution in [-0.2, 0) is 11.3 Å². The molecule has 1 aromatic carbocycles. The number of rotatable bonds is 7. The van der Waals surface area contributed by atoms with Gasteiger partial charge in [-0.1, -0.05) is 12.1 Å². The first-order chi connectivity index (χ1) is 13.7. The second-order valence-corrected chi connectivity index (χ2v) is 7.61. The molecule has 0 saturated carbocycles. The zero-order chi connectivity index (χ0) is 19.8. The number of guanidine groups is 1. The summed E-state index contributed by atoms with van der Waals surface area (Å²) in [5.41, 5.74) is 0.755. The van der Waals surface area contributed by atoms with Crippen molar-refractivity contribution in [1.29, 1.82) is 0 Å². The predicted molar refractivity (Wildman–Crippen MR) is 111 cm³/mol. The number of ether oxygens (including phenoxy) is 2. The lowest BCUT2D eigenvalue weighted by Gasteiger charge is -2.34. The van der Waals surface area contributed by atoms with Crippen molar-refractivity contribution in [1.82, 2.24) is 15.5 Å². The number of nitrogens with one attached hydrogen (secondary N) is 2. The van der Waals surface area contributed by atoms with Gasteiger partial charge in [-0.25, -0.2) is 4.99 Å². The highest BCUT2D eigenvalue weighted by Gasteiger charge is 2.24. The molecule has 2 saturated heterocycles. The molecule has 0 spiro atoms. The molecule has 0 amide bonds. The lowest BCUT2D eigenvalue weighted by atomic mass is 10.0. The van der Waals surface area contributed by atoms with Gasteiger partial charge in [0, 0.05) is 44.4 Å². The number of hydrogen-bond donors (Lipinski definition) is 3. The van der Waals surface area contributed by atoms with Gasteiger partial charge in [0.2, 0.25) is 0 Å². The molecule has 2 heterocycles. The van der Waals surface area contributed by atoms with E-state index in [0.717, 1.165) is 63.8 Å². The lowest BCUT2D eigenvalue weighted by Crippen LogP contribution is -2.49. The number of benzene rings is 1. The topological polar surface area (TPSA) is 78.4 Å². The molecule has 3 rings (SSSR count). The minimum atomic E-state index is 0.161. The van der Waals surface area contributed by atoms with Gasteiger partial charge in [-0.15, -0.1) is 0 Å². The van der Waals surface area contributed by atoms with Crippen molar-refractivity contribution >= 4 is 5.96 Å². The highest BCUT2D eigenvalue weighted by atomic mass is 16.5. The summed E-state index contributed by atoms with van der Waals surface area (Å²) < 4.78 is 10.7. The summed E-state index contributed by atoms with van der Waals surface area (Å²) in [6.45, 7) is 8.51. The van der Waals surface area contributed by atoms with E-state index < -0.39 is 0 Å². The van der Waals surface area contributed by atoms with Crippen molar-refractivity contribution in [3.8, 4) is 11.5 Å². The van der Waals surface area contributed by atoms with Crippen LogP contribution in [0.1, 0.15) is 31.7 Å². The largest absolute Gasteiger partial charge is 0.504 e. The number of methoxy groups -OCH3 is 1. The molecule has 28 heavy (non-hydrogen) atoms. The Bertz CT molecular complexity index is 639. The number of nitrogens with zero attached hydrogens (tertiary/aromatic N) is 2. The molecule has 7 nitrogen and oxygen atoms in total. The van der Waals surface area contributed by atoms with E-state index in [1.54, 1.807) is 13.2 Å². The maximum Gasteiger partial charge on any atom is 0.191 e. The third kappa shape index (κ3) is 5.75. The fourth-order valence-electron chi connectivity index (χ4n) is 3.89. The Morgan fingerprint density at radius 2 is 2.14 bits per heavy atom. The van der Waals surface area contributed by atoms with Crippen LogP contribution >= 0.6 is 0 Å². The van der Waals surface area contributed by atoms with Crippen LogP contribution in [0.15, 0.2) is 23.2 Å². The molecule has 2 aliphatic heterocycles. The summed E-state index contributed by atoms with van der Waals surface area (Å²) in [6.07, 6.45) is 3.43. The van der Waals surface area contributed by atoms with E-state index in [1.165, 1.54) is 6.42 Å². The molecule has 0 aromatic heterocycles. The number of aliphatic imine (C=N–C) groups is 1. The lowest BCUT2D eigenvalue weighted by molar-refractivity contribution is 0.150. The Kier molecular flexibility index (Phi) is 7.80. The number of hydrogen-bond acceptors (Lipinski definition) is 5. The highest BCUT2D eigenvalue weighted by molar-refractivity contribution is 5.80. The number of aromatic hydroxyl groups is 1. The Morgan fingerprint density at radius 3 is 2.82 bits per heavy atom. The van der Waals surface area contributed by atoms with Gasteiger partial charge < -0.3 is 30.1 Å². The van der Waals surface area contributed by atoms with Gasteiger partial charge in [0.05, 0.1) is 20.3 Å². The fraction of sp³-hybridized carbons (Fsp3) is 0.667. The standard InChI is InChI=1S/C21H34N4O3/c1-3-22-21(23-13-17-5-4-6-19(27-2)20(17)26)24-18-7-10-25(11-8-18)14-16-9-12-28-15-16/h4-6,16,18,26H,3,7-15H2,1-2H3,(H2,22,23,24). The van der Waals surface area contributed by atoms with Crippen LogP contribution in [0, 0.1) is 5.92 Å². The average molecular weight is 391 g/mol. The number of likely N-dealkylation sites (tertiary alicyclic amines) is 1. The minimum absolute atomic E-state index is 0.161. The zero-order valence-corrected chi connectivity index (χ0v) is 17.1. The Morgan fingerprint density at radius 1 is 1.32 bits per heavy atom. The second kappa shape index (κ2) is 10.5. The molecule has 0 radical (unpaired) electrons. The third-order valence-electron chi connectivity index (χ3n) is 5.52. The Hall–Kier alpha value is -1.99. The van der Waals surface area contributed by atoms with E-state index in [4.69, 9.17) is 9.47 Å². The third-order valence-corrected chi connectivity index (χ3v) is 5.52. The van der Waals surface area contributed by atoms with Crippen LogP contribution in [0.3, 0.4) is 0 Å². The number of para-hydroxylation sites is 1. The number of phenols is 1. The van der Waals surface area contributed by atoms with Gasteiger partial charge in [-0.3, -0.25) is 0 Å². The molecule has 1 atom stereocenters. The summed E-state index contributed by atoms with van der Waals surface area (Å²) >= 11 is 0. The van der Waals surface area contributed by atoms with E-state index in [1.807, 2.05) is 12.1 Å². The normalized spacial score (nSPS) is 21.6. The van der Waals surface area contributed by atoms with Gasteiger partial charge in [0.15, 0.2) is 17.5 Å². The van der Waals surface area contributed by atoms with Crippen LogP contribution in [-0.4, -0.2) is 68.5 Å². The molecule has 1 aromatic rings. The van der Waals surface area contributed by atoms with Crippen molar-refractivity contribution in [2.45, 2.75) is 38.8 Å². The summed E-state index contributed by atoms with van der Waals surface area (Å²) in [5, 5.41) is 17.1.